The second-order valence-corrected chi connectivity index (χ2v) is 5.41. The van der Waals surface area contributed by atoms with Crippen molar-refractivity contribution in [1.29, 1.82) is 0 Å². The summed E-state index contributed by atoms with van der Waals surface area (Å²) < 4.78 is 5.51. The molecular formula is C15H12Cl2N2O2S. The lowest BCUT2D eigenvalue weighted by atomic mass is 10.2. The Labute approximate surface area is 143 Å². The summed E-state index contributed by atoms with van der Waals surface area (Å²) in [6.45, 7) is 4.00. The summed E-state index contributed by atoms with van der Waals surface area (Å²) in [4.78, 5) is 12.0. The van der Waals surface area contributed by atoms with Crippen molar-refractivity contribution < 1.29 is 9.21 Å². The molecule has 22 heavy (non-hydrogen) atoms. The second-order valence-electron chi connectivity index (χ2n) is 4.22. The average molecular weight is 355 g/mol. The number of hydrogen-bond acceptors (Lipinski definition) is 3. The Kier molecular flexibility index (Phi) is 5.60. The molecule has 2 aromatic rings. The van der Waals surface area contributed by atoms with Crippen LogP contribution >= 0.6 is 35.4 Å². The van der Waals surface area contributed by atoms with Crippen LogP contribution in [0.4, 0.5) is 0 Å². The number of furan rings is 1. The summed E-state index contributed by atoms with van der Waals surface area (Å²) in [6, 6.07) is 8.36. The van der Waals surface area contributed by atoms with Crippen molar-refractivity contribution in [2.45, 2.75) is 0 Å². The van der Waals surface area contributed by atoms with Crippen molar-refractivity contribution >= 4 is 46.4 Å². The molecule has 1 heterocycles. The largest absolute Gasteiger partial charge is 0.451 e. The summed E-state index contributed by atoms with van der Waals surface area (Å²) >= 11 is 17.1. The van der Waals surface area contributed by atoms with Gasteiger partial charge in [-0.2, -0.15) is 0 Å². The molecule has 0 saturated heterocycles. The van der Waals surface area contributed by atoms with E-state index >= 15 is 0 Å². The summed E-state index contributed by atoms with van der Waals surface area (Å²) in [5, 5.41) is 6.27. The number of hydrogen-bond donors (Lipinski definition) is 2. The molecule has 0 aliphatic rings. The zero-order valence-corrected chi connectivity index (χ0v) is 13.7. The van der Waals surface area contributed by atoms with Crippen LogP contribution in [0.25, 0.3) is 11.3 Å². The number of benzene rings is 1. The quantitative estimate of drug-likeness (QED) is 0.642. The summed E-state index contributed by atoms with van der Waals surface area (Å²) in [5.74, 6) is 0.113. The maximum atomic E-state index is 12.0. The Balaban J connectivity index is 2.14. The first-order valence-electron chi connectivity index (χ1n) is 6.27. The number of carbonyl (C=O) groups is 1. The number of carbonyl (C=O) groups excluding carboxylic acids is 1. The standard InChI is InChI=1S/C15H12Cl2N2O2S/c1-2-8-18-15(22)19-14(20)12-7-6-11(21-12)9-4-3-5-10(16)13(9)17/h2-7H,1,8H2,(H2,18,19,20,22). The van der Waals surface area contributed by atoms with Crippen molar-refractivity contribution in [3.63, 3.8) is 0 Å². The van der Waals surface area contributed by atoms with E-state index in [0.717, 1.165) is 0 Å². The van der Waals surface area contributed by atoms with Crippen molar-refractivity contribution in [2.75, 3.05) is 6.54 Å². The Hall–Kier alpha value is -1.82. The maximum Gasteiger partial charge on any atom is 0.293 e. The second kappa shape index (κ2) is 7.45. The molecule has 0 atom stereocenters. The summed E-state index contributed by atoms with van der Waals surface area (Å²) in [7, 11) is 0. The molecule has 0 spiro atoms. The van der Waals surface area contributed by atoms with Gasteiger partial charge >= 0.3 is 0 Å². The van der Waals surface area contributed by atoms with Gasteiger partial charge in [-0.1, -0.05) is 35.3 Å². The Morgan fingerprint density at radius 3 is 2.82 bits per heavy atom. The molecule has 0 aliphatic heterocycles. The fraction of sp³-hybridized carbons (Fsp3) is 0.0667. The van der Waals surface area contributed by atoms with Crippen LogP contribution in [0.1, 0.15) is 10.6 Å². The van der Waals surface area contributed by atoms with E-state index < -0.39 is 5.91 Å². The van der Waals surface area contributed by atoms with Crippen molar-refractivity contribution in [1.82, 2.24) is 10.6 Å². The molecular weight excluding hydrogens is 343 g/mol. The normalized spacial score (nSPS) is 10.1. The van der Waals surface area contributed by atoms with Crippen LogP contribution in [-0.2, 0) is 0 Å². The lowest BCUT2D eigenvalue weighted by molar-refractivity contribution is 0.0950. The minimum Gasteiger partial charge on any atom is -0.451 e. The van der Waals surface area contributed by atoms with Gasteiger partial charge in [-0.25, -0.2) is 0 Å². The van der Waals surface area contributed by atoms with Crippen LogP contribution in [0, 0.1) is 0 Å². The van der Waals surface area contributed by atoms with Gasteiger partial charge in [0.15, 0.2) is 10.9 Å². The monoisotopic (exact) mass is 354 g/mol. The average Bonchev–Trinajstić information content (AvgIpc) is 2.97. The third-order valence-electron chi connectivity index (χ3n) is 2.68. The minimum atomic E-state index is -0.453. The van der Waals surface area contributed by atoms with E-state index in [9.17, 15) is 4.79 Å². The first-order valence-corrected chi connectivity index (χ1v) is 7.43. The smallest absolute Gasteiger partial charge is 0.293 e. The fourth-order valence-corrected chi connectivity index (χ4v) is 2.24. The molecule has 0 aliphatic carbocycles. The van der Waals surface area contributed by atoms with Crippen molar-refractivity contribution in [3.05, 3.63) is 58.8 Å². The third-order valence-corrected chi connectivity index (χ3v) is 3.75. The van der Waals surface area contributed by atoms with Crippen molar-refractivity contribution in [2.24, 2.45) is 0 Å². The van der Waals surface area contributed by atoms with Crippen LogP contribution < -0.4 is 10.6 Å². The summed E-state index contributed by atoms with van der Waals surface area (Å²) in [6.07, 6.45) is 1.63. The summed E-state index contributed by atoms with van der Waals surface area (Å²) in [5.41, 5.74) is 0.612. The fourth-order valence-electron chi connectivity index (χ4n) is 1.67. The number of rotatable bonds is 4. The van der Waals surface area contributed by atoms with Gasteiger partial charge in [-0.15, -0.1) is 6.58 Å². The molecule has 0 fully saturated rings. The Bertz CT molecular complexity index is 728. The van der Waals surface area contributed by atoms with Crippen LogP contribution in [0.5, 0.6) is 0 Å². The third kappa shape index (κ3) is 3.88. The lowest BCUT2D eigenvalue weighted by Gasteiger charge is -2.06. The van der Waals surface area contributed by atoms with Crippen LogP contribution in [0.3, 0.4) is 0 Å². The minimum absolute atomic E-state index is 0.119. The number of amides is 1. The van der Waals surface area contributed by atoms with E-state index in [-0.39, 0.29) is 10.9 Å². The SMILES string of the molecule is C=CCNC(=S)NC(=O)c1ccc(-c2cccc(Cl)c2Cl)o1. The first kappa shape index (κ1) is 16.5. The molecule has 0 bridgehead atoms. The van der Waals surface area contributed by atoms with Gasteiger partial charge < -0.3 is 9.73 Å². The van der Waals surface area contributed by atoms with Gasteiger partial charge in [-0.3, -0.25) is 10.1 Å². The van der Waals surface area contributed by atoms with E-state index in [2.05, 4.69) is 17.2 Å². The first-order chi connectivity index (χ1) is 10.5. The highest BCUT2D eigenvalue weighted by Gasteiger charge is 2.15. The van der Waals surface area contributed by atoms with Crippen LogP contribution in [-0.4, -0.2) is 17.6 Å². The molecule has 4 nitrogen and oxygen atoms in total. The number of thiocarbonyl (C=S) groups is 1. The van der Waals surface area contributed by atoms with Crippen LogP contribution in [0.15, 0.2) is 47.4 Å². The topological polar surface area (TPSA) is 54.3 Å². The van der Waals surface area contributed by atoms with Gasteiger partial charge in [0.05, 0.1) is 10.0 Å². The molecule has 0 radical (unpaired) electrons. The highest BCUT2D eigenvalue weighted by molar-refractivity contribution is 7.80. The van der Waals surface area contributed by atoms with Gasteiger partial charge in [0.25, 0.3) is 5.91 Å². The van der Waals surface area contributed by atoms with Gasteiger partial charge in [0.2, 0.25) is 0 Å². The predicted molar refractivity (Wildman–Crippen MR) is 92.4 cm³/mol. The molecule has 2 rings (SSSR count). The van der Waals surface area contributed by atoms with Crippen LogP contribution in [0.2, 0.25) is 10.0 Å². The highest BCUT2D eigenvalue weighted by atomic mass is 35.5. The van der Waals surface area contributed by atoms with Crippen molar-refractivity contribution in [3.8, 4) is 11.3 Å². The number of nitrogens with one attached hydrogen (secondary N) is 2. The molecule has 114 valence electrons. The molecule has 1 aromatic heterocycles. The van der Waals surface area contributed by atoms with E-state index in [1.807, 2.05) is 0 Å². The molecule has 1 amide bonds. The zero-order valence-electron chi connectivity index (χ0n) is 11.4. The Morgan fingerprint density at radius 1 is 1.32 bits per heavy atom. The Morgan fingerprint density at radius 2 is 2.09 bits per heavy atom. The van der Waals surface area contributed by atoms with E-state index in [0.29, 0.717) is 27.9 Å². The molecule has 2 N–H and O–H groups in total. The highest BCUT2D eigenvalue weighted by Crippen LogP contribution is 2.34. The molecule has 7 heteroatoms. The zero-order chi connectivity index (χ0) is 16.1. The van der Waals surface area contributed by atoms with E-state index in [1.54, 1.807) is 30.3 Å². The predicted octanol–water partition coefficient (Wildman–Crippen LogP) is 4.04. The van der Waals surface area contributed by atoms with Gasteiger partial charge in [0.1, 0.15) is 5.76 Å². The van der Waals surface area contributed by atoms with E-state index in [4.69, 9.17) is 39.8 Å². The maximum absolute atomic E-state index is 12.0. The van der Waals surface area contributed by atoms with Gasteiger partial charge in [-0.05, 0) is 36.5 Å². The van der Waals surface area contributed by atoms with Gasteiger partial charge in [0, 0.05) is 12.1 Å². The molecule has 0 unspecified atom stereocenters. The van der Waals surface area contributed by atoms with E-state index in [1.165, 1.54) is 6.07 Å². The lowest BCUT2D eigenvalue weighted by Crippen LogP contribution is -2.39. The molecule has 0 saturated carbocycles. The molecule has 1 aromatic carbocycles. The number of halogens is 2.